The van der Waals surface area contributed by atoms with Crippen LogP contribution in [-0.2, 0) is 16.4 Å². The van der Waals surface area contributed by atoms with Crippen molar-refractivity contribution in [1.29, 1.82) is 0 Å². The van der Waals surface area contributed by atoms with Gasteiger partial charge in [0.1, 0.15) is 0 Å². The molecular formula is C16H26N2O2S. The predicted octanol–water partition coefficient (Wildman–Crippen LogP) is 2.26. The average molecular weight is 310 g/mol. The summed E-state index contributed by atoms with van der Waals surface area (Å²) in [5.74, 6) is 0.452. The zero-order valence-corrected chi connectivity index (χ0v) is 13.8. The van der Waals surface area contributed by atoms with Crippen LogP contribution in [-0.4, -0.2) is 38.9 Å². The molecule has 0 aromatic heterocycles. The van der Waals surface area contributed by atoms with Gasteiger partial charge in [0.05, 0.1) is 4.90 Å². The van der Waals surface area contributed by atoms with Gasteiger partial charge in [0.25, 0.3) is 0 Å². The summed E-state index contributed by atoms with van der Waals surface area (Å²) in [4.78, 5) is 0.420. The van der Waals surface area contributed by atoms with E-state index in [0.29, 0.717) is 23.9 Å². The lowest BCUT2D eigenvalue weighted by Crippen LogP contribution is -2.39. The van der Waals surface area contributed by atoms with Crippen molar-refractivity contribution < 1.29 is 8.42 Å². The molecule has 0 spiro atoms. The zero-order chi connectivity index (χ0) is 15.3. The van der Waals surface area contributed by atoms with Gasteiger partial charge < -0.3 is 5.32 Å². The number of nitrogens with one attached hydrogen (secondary N) is 1. The Morgan fingerprint density at radius 1 is 1.29 bits per heavy atom. The summed E-state index contributed by atoms with van der Waals surface area (Å²) in [5, 5.41) is 3.27. The van der Waals surface area contributed by atoms with Gasteiger partial charge in [0.2, 0.25) is 10.0 Å². The molecule has 0 bridgehead atoms. The summed E-state index contributed by atoms with van der Waals surface area (Å²) in [5.41, 5.74) is 1.17. The first kappa shape index (κ1) is 16.5. The van der Waals surface area contributed by atoms with Crippen LogP contribution in [0, 0.1) is 5.92 Å². The number of piperidine rings is 1. The quantitative estimate of drug-likeness (QED) is 0.820. The van der Waals surface area contributed by atoms with Gasteiger partial charge in [-0.3, -0.25) is 0 Å². The lowest BCUT2D eigenvalue weighted by atomic mass is 10.0. The minimum absolute atomic E-state index is 0.420. The van der Waals surface area contributed by atoms with Gasteiger partial charge in [0.15, 0.2) is 0 Å². The van der Waals surface area contributed by atoms with Gasteiger partial charge >= 0.3 is 0 Å². The van der Waals surface area contributed by atoms with E-state index < -0.39 is 10.0 Å². The maximum Gasteiger partial charge on any atom is 0.243 e. The number of hydrogen-bond donors (Lipinski definition) is 1. The van der Waals surface area contributed by atoms with Crippen molar-refractivity contribution in [1.82, 2.24) is 9.62 Å². The third-order valence-electron chi connectivity index (χ3n) is 4.02. The molecule has 2 rings (SSSR count). The normalized spacial score (nSPS) is 20.6. The van der Waals surface area contributed by atoms with Gasteiger partial charge in [0, 0.05) is 13.1 Å². The standard InChI is InChI=1S/C16H26N2O2S/c1-3-17-11-10-15-6-8-16(9-7-15)21(19,20)18-12-4-5-14(2)13-18/h6-9,14,17H,3-5,10-13H2,1-2H3. The van der Waals surface area contributed by atoms with Gasteiger partial charge in [-0.1, -0.05) is 26.0 Å². The highest BCUT2D eigenvalue weighted by Crippen LogP contribution is 2.23. The van der Waals surface area contributed by atoms with Crippen molar-refractivity contribution >= 4 is 10.0 Å². The van der Waals surface area contributed by atoms with Crippen LogP contribution >= 0.6 is 0 Å². The molecule has 21 heavy (non-hydrogen) atoms. The Labute approximate surface area is 128 Å². The Morgan fingerprint density at radius 3 is 2.62 bits per heavy atom. The van der Waals surface area contributed by atoms with E-state index in [1.807, 2.05) is 12.1 Å². The highest BCUT2D eigenvalue weighted by Gasteiger charge is 2.28. The summed E-state index contributed by atoms with van der Waals surface area (Å²) >= 11 is 0. The Bertz CT molecular complexity index is 540. The first-order valence-corrected chi connectivity index (χ1v) is 9.28. The highest BCUT2D eigenvalue weighted by atomic mass is 32.2. The predicted molar refractivity (Wildman–Crippen MR) is 85.8 cm³/mol. The van der Waals surface area contributed by atoms with Crippen LogP contribution in [0.4, 0.5) is 0 Å². The third-order valence-corrected chi connectivity index (χ3v) is 5.90. The SMILES string of the molecule is CCNCCc1ccc(S(=O)(=O)N2CCCC(C)C2)cc1. The molecule has 1 aromatic rings. The van der Waals surface area contributed by atoms with E-state index in [2.05, 4.69) is 19.2 Å². The molecule has 0 amide bonds. The van der Waals surface area contributed by atoms with Crippen LogP contribution in [0.25, 0.3) is 0 Å². The summed E-state index contributed by atoms with van der Waals surface area (Å²) in [6.07, 6.45) is 3.01. The lowest BCUT2D eigenvalue weighted by molar-refractivity contribution is 0.281. The van der Waals surface area contributed by atoms with Crippen LogP contribution in [0.1, 0.15) is 32.3 Å². The largest absolute Gasteiger partial charge is 0.317 e. The van der Waals surface area contributed by atoms with E-state index in [1.54, 1.807) is 16.4 Å². The van der Waals surface area contributed by atoms with Gasteiger partial charge in [-0.2, -0.15) is 4.31 Å². The second-order valence-electron chi connectivity index (χ2n) is 5.86. The topological polar surface area (TPSA) is 49.4 Å². The molecule has 118 valence electrons. The molecule has 5 heteroatoms. The second-order valence-corrected chi connectivity index (χ2v) is 7.80. The molecule has 1 saturated heterocycles. The molecule has 0 radical (unpaired) electrons. The molecule has 1 unspecified atom stereocenters. The highest BCUT2D eigenvalue weighted by molar-refractivity contribution is 7.89. The van der Waals surface area contributed by atoms with Crippen LogP contribution in [0.2, 0.25) is 0 Å². The Kier molecular flexibility index (Phi) is 5.79. The van der Waals surface area contributed by atoms with E-state index in [1.165, 1.54) is 5.56 Å². The molecule has 1 aromatic carbocycles. The van der Waals surface area contributed by atoms with E-state index in [-0.39, 0.29) is 0 Å². The molecule has 1 heterocycles. The minimum atomic E-state index is -3.32. The minimum Gasteiger partial charge on any atom is -0.317 e. The van der Waals surface area contributed by atoms with Gasteiger partial charge in [-0.05, 0) is 56.0 Å². The number of rotatable bonds is 6. The number of hydrogen-bond acceptors (Lipinski definition) is 3. The summed E-state index contributed by atoms with van der Waals surface area (Å²) in [6.45, 7) is 7.37. The molecule has 0 saturated carbocycles. The lowest BCUT2D eigenvalue weighted by Gasteiger charge is -2.30. The first-order chi connectivity index (χ1) is 10.0. The Hall–Kier alpha value is -0.910. The van der Waals surface area contributed by atoms with Crippen molar-refractivity contribution in [2.45, 2.75) is 38.0 Å². The van der Waals surface area contributed by atoms with E-state index >= 15 is 0 Å². The number of nitrogens with zero attached hydrogens (tertiary/aromatic N) is 1. The van der Waals surface area contributed by atoms with Gasteiger partial charge in [-0.15, -0.1) is 0 Å². The monoisotopic (exact) mass is 310 g/mol. The molecule has 1 fully saturated rings. The number of sulfonamides is 1. The van der Waals surface area contributed by atoms with Crippen LogP contribution in [0.5, 0.6) is 0 Å². The maximum absolute atomic E-state index is 12.6. The van der Waals surface area contributed by atoms with Crippen molar-refractivity contribution in [3.05, 3.63) is 29.8 Å². The van der Waals surface area contributed by atoms with Crippen LogP contribution < -0.4 is 5.32 Å². The summed E-state index contributed by atoms with van der Waals surface area (Å²) in [7, 11) is -3.32. The van der Waals surface area contributed by atoms with E-state index in [0.717, 1.165) is 32.4 Å². The molecule has 1 N–H and O–H groups in total. The summed E-state index contributed by atoms with van der Waals surface area (Å²) in [6, 6.07) is 7.35. The summed E-state index contributed by atoms with van der Waals surface area (Å²) < 4.78 is 26.9. The van der Waals surface area contributed by atoms with Crippen molar-refractivity contribution in [3.63, 3.8) is 0 Å². The van der Waals surface area contributed by atoms with Crippen molar-refractivity contribution in [2.24, 2.45) is 5.92 Å². The number of benzene rings is 1. The fourth-order valence-corrected chi connectivity index (χ4v) is 4.35. The zero-order valence-electron chi connectivity index (χ0n) is 13.0. The van der Waals surface area contributed by atoms with E-state index in [4.69, 9.17) is 0 Å². The maximum atomic E-state index is 12.6. The van der Waals surface area contributed by atoms with Gasteiger partial charge in [-0.25, -0.2) is 8.42 Å². The van der Waals surface area contributed by atoms with Crippen LogP contribution in [0.3, 0.4) is 0 Å². The van der Waals surface area contributed by atoms with Crippen molar-refractivity contribution in [2.75, 3.05) is 26.2 Å². The average Bonchev–Trinajstić information content (AvgIpc) is 2.48. The Balaban J connectivity index is 2.06. The second kappa shape index (κ2) is 7.38. The van der Waals surface area contributed by atoms with Crippen LogP contribution in [0.15, 0.2) is 29.2 Å². The van der Waals surface area contributed by atoms with E-state index in [9.17, 15) is 8.42 Å². The molecule has 1 aliphatic rings. The molecular weight excluding hydrogens is 284 g/mol. The fourth-order valence-electron chi connectivity index (χ4n) is 2.75. The molecule has 1 aliphatic heterocycles. The molecule has 4 nitrogen and oxygen atoms in total. The van der Waals surface area contributed by atoms with Crippen molar-refractivity contribution in [3.8, 4) is 0 Å². The fraction of sp³-hybridized carbons (Fsp3) is 0.625. The first-order valence-electron chi connectivity index (χ1n) is 7.84. The Morgan fingerprint density at radius 2 is 2.00 bits per heavy atom. The molecule has 0 aliphatic carbocycles. The molecule has 1 atom stereocenters. The number of likely N-dealkylation sites (N-methyl/N-ethyl adjacent to an activating group) is 1. The smallest absolute Gasteiger partial charge is 0.243 e. The third kappa shape index (κ3) is 4.28.